The van der Waals surface area contributed by atoms with Crippen LogP contribution < -0.4 is 9.62 Å². The quantitative estimate of drug-likeness (QED) is 0.148. The summed E-state index contributed by atoms with van der Waals surface area (Å²) in [4.78, 5) is 22.5. The van der Waals surface area contributed by atoms with Gasteiger partial charge in [-0.05, 0) is 45.1 Å². The molecule has 0 fully saturated rings. The Balaban J connectivity index is 3.38. The van der Waals surface area contributed by atoms with E-state index < -0.39 is 11.7 Å². The zero-order chi connectivity index (χ0) is 23.1. The number of carboxylic acid groups (broad SMARTS) is 1. The molecule has 1 rings (SSSR count). The van der Waals surface area contributed by atoms with Crippen LogP contribution in [0.25, 0.3) is 0 Å². The first-order valence-corrected chi connectivity index (χ1v) is 12.1. The van der Waals surface area contributed by atoms with E-state index in [1.54, 1.807) is 6.92 Å². The number of carboxylic acids is 1. The molecule has 0 bridgehead atoms. The summed E-state index contributed by atoms with van der Waals surface area (Å²) in [7, 11) is 0. The predicted octanol–water partition coefficient (Wildman–Crippen LogP) is 6.85. The van der Waals surface area contributed by atoms with Gasteiger partial charge in [-0.1, -0.05) is 65.2 Å². The van der Waals surface area contributed by atoms with Gasteiger partial charge in [-0.25, -0.2) is 4.79 Å². The van der Waals surface area contributed by atoms with Gasteiger partial charge in [0.1, 0.15) is 5.56 Å². The van der Waals surface area contributed by atoms with E-state index in [-0.39, 0.29) is 17.9 Å². The molecule has 31 heavy (non-hydrogen) atoms. The topological polar surface area (TPSA) is 85.2 Å². The van der Waals surface area contributed by atoms with Crippen molar-refractivity contribution < 1.29 is 29.5 Å². The van der Waals surface area contributed by atoms with Crippen molar-refractivity contribution in [3.05, 3.63) is 16.7 Å². The Labute approximate surface area is 187 Å². The zero-order valence-corrected chi connectivity index (χ0v) is 19.9. The van der Waals surface area contributed by atoms with Crippen LogP contribution in [-0.4, -0.2) is 29.4 Å². The lowest BCUT2D eigenvalue weighted by molar-refractivity contribution is -0.204. The minimum atomic E-state index is -1.15. The van der Waals surface area contributed by atoms with E-state index in [4.69, 9.17) is 14.5 Å². The number of phenols is 1. The molecule has 0 heterocycles. The number of hydrogen-bond acceptors (Lipinski definition) is 5. The summed E-state index contributed by atoms with van der Waals surface area (Å²) in [5.74, 6) is -1.18. The summed E-state index contributed by atoms with van der Waals surface area (Å²) >= 11 is 0. The van der Waals surface area contributed by atoms with Gasteiger partial charge in [0.05, 0.1) is 13.2 Å². The summed E-state index contributed by atoms with van der Waals surface area (Å²) in [6, 6.07) is 0. The van der Waals surface area contributed by atoms with Crippen LogP contribution in [0.2, 0.25) is 0 Å². The Morgan fingerprint density at radius 1 is 0.742 bits per heavy atom. The normalized spacial score (nSPS) is 11.0. The maximum Gasteiger partial charge on any atom is 0.339 e. The number of benzene rings is 1. The van der Waals surface area contributed by atoms with Gasteiger partial charge < -0.3 is 19.8 Å². The molecule has 0 unspecified atom stereocenters. The number of unbranched alkanes of at least 4 members (excludes halogenated alkanes) is 8. The number of aromatic hydroxyl groups is 1. The lowest BCUT2D eigenvalue weighted by Crippen LogP contribution is -2.12. The fourth-order valence-corrected chi connectivity index (χ4v) is 3.86. The van der Waals surface area contributed by atoms with E-state index >= 15 is 0 Å². The monoisotopic (exact) mass is 438 g/mol. The molecule has 0 saturated heterocycles. The highest BCUT2D eigenvalue weighted by molar-refractivity contribution is 5.95. The number of aromatic carboxylic acids is 1. The predicted molar refractivity (Wildman–Crippen MR) is 123 cm³/mol. The van der Waals surface area contributed by atoms with Crippen molar-refractivity contribution >= 4 is 5.97 Å². The van der Waals surface area contributed by atoms with Crippen molar-refractivity contribution in [2.24, 2.45) is 0 Å². The highest BCUT2D eigenvalue weighted by Crippen LogP contribution is 2.46. The van der Waals surface area contributed by atoms with E-state index in [2.05, 4.69) is 13.8 Å². The summed E-state index contributed by atoms with van der Waals surface area (Å²) in [5, 5.41) is 20.7. The third-order valence-electron chi connectivity index (χ3n) is 5.42. The molecule has 178 valence electrons. The first-order chi connectivity index (χ1) is 15.0. The molecule has 0 spiro atoms. The van der Waals surface area contributed by atoms with Crippen LogP contribution in [-0.2, 0) is 17.7 Å². The van der Waals surface area contributed by atoms with Gasteiger partial charge in [0.25, 0.3) is 0 Å². The van der Waals surface area contributed by atoms with Gasteiger partial charge >= 0.3 is 5.97 Å². The lowest BCUT2D eigenvalue weighted by atomic mass is 9.90. The molecular formula is C25H42O6. The molecule has 6 heteroatoms. The van der Waals surface area contributed by atoms with Crippen LogP contribution >= 0.6 is 0 Å². The van der Waals surface area contributed by atoms with E-state index in [0.29, 0.717) is 30.8 Å². The number of ether oxygens (including phenoxy) is 1. The second kappa shape index (κ2) is 15.8. The second-order valence-corrected chi connectivity index (χ2v) is 7.90. The Morgan fingerprint density at radius 2 is 1.29 bits per heavy atom. The smallest absolute Gasteiger partial charge is 0.339 e. The molecule has 2 N–H and O–H groups in total. The van der Waals surface area contributed by atoms with Gasteiger partial charge in [-0.2, -0.15) is 4.89 Å². The summed E-state index contributed by atoms with van der Waals surface area (Å²) in [6.45, 7) is 8.62. The van der Waals surface area contributed by atoms with Crippen LogP contribution in [0.5, 0.6) is 17.2 Å². The fraction of sp³-hybridized carbons (Fsp3) is 0.720. The van der Waals surface area contributed by atoms with E-state index in [0.717, 1.165) is 50.5 Å². The van der Waals surface area contributed by atoms with Gasteiger partial charge in [0.2, 0.25) is 5.75 Å². The Kier molecular flexibility index (Phi) is 13.8. The Hall–Kier alpha value is -1.95. The van der Waals surface area contributed by atoms with Crippen LogP contribution in [0.1, 0.15) is 113 Å². The average Bonchev–Trinajstić information content (AvgIpc) is 2.74. The van der Waals surface area contributed by atoms with Gasteiger partial charge in [-0.3, -0.25) is 0 Å². The average molecular weight is 439 g/mol. The molecule has 0 aliphatic carbocycles. The standard InChI is InChI=1S/C25H42O6/c1-5-9-11-13-15-17-19-20(18-16-14-12-10-6-2)23(29-7-3)24(31-30-8-4)22(26)21(19)25(27)28/h26H,5-18H2,1-4H3,(H,27,28). The van der Waals surface area contributed by atoms with E-state index in [9.17, 15) is 15.0 Å². The highest BCUT2D eigenvalue weighted by Gasteiger charge is 2.29. The van der Waals surface area contributed by atoms with E-state index in [1.807, 2.05) is 6.92 Å². The van der Waals surface area contributed by atoms with Crippen molar-refractivity contribution in [3.8, 4) is 17.2 Å². The molecule has 0 aromatic heterocycles. The summed E-state index contributed by atoms with van der Waals surface area (Å²) in [5.41, 5.74) is 1.42. The molecule has 1 aromatic carbocycles. The highest BCUT2D eigenvalue weighted by atomic mass is 17.2. The second-order valence-electron chi connectivity index (χ2n) is 7.90. The number of carbonyl (C=O) groups is 1. The molecular weight excluding hydrogens is 396 g/mol. The molecule has 1 aromatic rings. The number of hydrogen-bond donors (Lipinski definition) is 2. The summed E-state index contributed by atoms with van der Waals surface area (Å²) in [6.07, 6.45) is 12.2. The first kappa shape index (κ1) is 27.1. The maximum atomic E-state index is 12.1. The maximum absolute atomic E-state index is 12.1. The minimum Gasteiger partial charge on any atom is -0.503 e. The minimum absolute atomic E-state index is 0.0283. The SMILES string of the molecule is CCCCCCCc1c(CCCCCCC)c(C(=O)O)c(O)c(OOCC)c1OCC. The molecule has 0 amide bonds. The Morgan fingerprint density at radius 3 is 1.77 bits per heavy atom. The number of rotatable bonds is 18. The van der Waals surface area contributed by atoms with Crippen LogP contribution in [0.3, 0.4) is 0 Å². The van der Waals surface area contributed by atoms with Crippen molar-refractivity contribution in [3.63, 3.8) is 0 Å². The lowest BCUT2D eigenvalue weighted by Gasteiger charge is -2.22. The van der Waals surface area contributed by atoms with Crippen LogP contribution in [0, 0.1) is 0 Å². The molecule has 6 nitrogen and oxygen atoms in total. The van der Waals surface area contributed by atoms with Gasteiger partial charge in [0, 0.05) is 5.56 Å². The van der Waals surface area contributed by atoms with Crippen molar-refractivity contribution in [2.75, 3.05) is 13.2 Å². The zero-order valence-electron chi connectivity index (χ0n) is 19.9. The molecule has 0 atom stereocenters. The summed E-state index contributed by atoms with van der Waals surface area (Å²) < 4.78 is 5.89. The molecule has 0 radical (unpaired) electrons. The molecule has 0 aliphatic rings. The Bertz CT molecular complexity index is 656. The fourth-order valence-electron chi connectivity index (χ4n) is 3.86. The van der Waals surface area contributed by atoms with Crippen molar-refractivity contribution in [1.82, 2.24) is 0 Å². The van der Waals surface area contributed by atoms with Gasteiger partial charge in [-0.15, -0.1) is 0 Å². The van der Waals surface area contributed by atoms with Crippen molar-refractivity contribution in [1.29, 1.82) is 0 Å². The molecule has 0 saturated carbocycles. The van der Waals surface area contributed by atoms with E-state index in [1.165, 1.54) is 19.3 Å². The third kappa shape index (κ3) is 8.60. The third-order valence-corrected chi connectivity index (χ3v) is 5.42. The van der Waals surface area contributed by atoms with Gasteiger partial charge in [0.15, 0.2) is 11.5 Å². The first-order valence-electron chi connectivity index (χ1n) is 12.1. The van der Waals surface area contributed by atoms with Crippen LogP contribution in [0.15, 0.2) is 0 Å². The molecule has 0 aliphatic heterocycles. The van der Waals surface area contributed by atoms with Crippen molar-refractivity contribution in [2.45, 2.75) is 105 Å². The van der Waals surface area contributed by atoms with Crippen LogP contribution in [0.4, 0.5) is 0 Å². The largest absolute Gasteiger partial charge is 0.503 e.